The highest BCUT2D eigenvalue weighted by atomic mass is 32.2. The van der Waals surface area contributed by atoms with E-state index in [0.29, 0.717) is 23.5 Å². The van der Waals surface area contributed by atoms with Crippen molar-refractivity contribution in [1.82, 2.24) is 15.2 Å². The molecule has 7 nitrogen and oxygen atoms in total. The van der Waals surface area contributed by atoms with Crippen LogP contribution in [-0.2, 0) is 16.4 Å². The van der Waals surface area contributed by atoms with E-state index in [2.05, 4.69) is 10.9 Å². The summed E-state index contributed by atoms with van der Waals surface area (Å²) in [5.41, 5.74) is 6.71. The van der Waals surface area contributed by atoms with Crippen molar-refractivity contribution in [2.45, 2.75) is 51.3 Å². The first-order chi connectivity index (χ1) is 14.2. The van der Waals surface area contributed by atoms with E-state index in [1.807, 2.05) is 13.8 Å². The first kappa shape index (κ1) is 22.5. The number of benzene rings is 1. The number of piperidine rings is 1. The molecule has 0 spiro atoms. The lowest BCUT2D eigenvalue weighted by atomic mass is 10.1. The molecular formula is C21H27N3O4S2. The normalized spacial score (nSPS) is 15.0. The number of amides is 2. The van der Waals surface area contributed by atoms with Gasteiger partial charge in [0, 0.05) is 23.5 Å². The lowest BCUT2D eigenvalue weighted by Crippen LogP contribution is -2.41. The molecule has 1 aliphatic rings. The minimum Gasteiger partial charge on any atom is -0.267 e. The highest BCUT2D eigenvalue weighted by molar-refractivity contribution is 7.89. The summed E-state index contributed by atoms with van der Waals surface area (Å²) in [6.45, 7) is 6.68. The molecule has 2 N–H and O–H groups in total. The number of thiophene rings is 1. The number of sulfonamides is 1. The van der Waals surface area contributed by atoms with Crippen LogP contribution in [0, 0.1) is 13.8 Å². The zero-order valence-corrected chi connectivity index (χ0v) is 19.1. The van der Waals surface area contributed by atoms with Gasteiger partial charge in [-0.1, -0.05) is 19.4 Å². The van der Waals surface area contributed by atoms with Gasteiger partial charge in [0.05, 0.1) is 9.77 Å². The SMILES string of the molecule is CCc1sc(C(=O)NNC(=O)c2cc(S(=O)(=O)N3CCCCC3)ccc2C)cc1C. The zero-order valence-electron chi connectivity index (χ0n) is 17.4. The average Bonchev–Trinajstić information content (AvgIpc) is 3.13. The molecule has 1 aliphatic heterocycles. The Bertz CT molecular complexity index is 1050. The molecule has 3 rings (SSSR count). The van der Waals surface area contributed by atoms with Crippen LogP contribution in [0.15, 0.2) is 29.2 Å². The third-order valence-electron chi connectivity index (χ3n) is 5.26. The summed E-state index contributed by atoms with van der Waals surface area (Å²) in [5, 5.41) is 0. The third kappa shape index (κ3) is 4.74. The van der Waals surface area contributed by atoms with E-state index in [9.17, 15) is 18.0 Å². The predicted molar refractivity (Wildman–Crippen MR) is 117 cm³/mol. The van der Waals surface area contributed by atoms with Crippen LogP contribution in [-0.4, -0.2) is 37.6 Å². The topological polar surface area (TPSA) is 95.6 Å². The van der Waals surface area contributed by atoms with Crippen molar-refractivity contribution in [3.63, 3.8) is 0 Å². The van der Waals surface area contributed by atoms with E-state index in [-0.39, 0.29) is 10.5 Å². The maximum Gasteiger partial charge on any atom is 0.279 e. The number of nitrogens with one attached hydrogen (secondary N) is 2. The van der Waals surface area contributed by atoms with E-state index in [4.69, 9.17) is 0 Å². The molecule has 0 bridgehead atoms. The lowest BCUT2D eigenvalue weighted by molar-refractivity contribution is 0.0848. The second-order valence-corrected chi connectivity index (χ2v) is 10.5. The fraction of sp³-hybridized carbons (Fsp3) is 0.429. The molecule has 9 heteroatoms. The molecule has 1 fully saturated rings. The Kier molecular flexibility index (Phi) is 6.95. The minimum atomic E-state index is -3.65. The van der Waals surface area contributed by atoms with E-state index in [1.165, 1.54) is 27.8 Å². The molecule has 1 aromatic carbocycles. The molecule has 0 aliphatic carbocycles. The van der Waals surface area contributed by atoms with Gasteiger partial charge in [-0.05, 0) is 62.4 Å². The number of carbonyl (C=O) groups excluding carboxylic acids is 2. The number of rotatable bonds is 5. The molecule has 0 saturated carbocycles. The molecular weight excluding hydrogens is 422 g/mol. The van der Waals surface area contributed by atoms with Crippen molar-refractivity contribution >= 4 is 33.2 Å². The summed E-state index contributed by atoms with van der Waals surface area (Å²) >= 11 is 1.39. The van der Waals surface area contributed by atoms with Gasteiger partial charge >= 0.3 is 0 Å². The molecule has 0 unspecified atom stereocenters. The minimum absolute atomic E-state index is 0.0907. The van der Waals surface area contributed by atoms with Crippen LogP contribution in [0.25, 0.3) is 0 Å². The summed E-state index contributed by atoms with van der Waals surface area (Å²) in [7, 11) is -3.65. The van der Waals surface area contributed by atoms with Crippen molar-refractivity contribution in [3.05, 3.63) is 50.7 Å². The molecule has 2 heterocycles. The molecule has 162 valence electrons. The molecule has 0 atom stereocenters. The first-order valence-electron chi connectivity index (χ1n) is 10.0. The van der Waals surface area contributed by atoms with Gasteiger partial charge in [-0.15, -0.1) is 11.3 Å². The molecule has 2 amide bonds. The molecule has 1 saturated heterocycles. The largest absolute Gasteiger partial charge is 0.279 e. The van der Waals surface area contributed by atoms with Crippen molar-refractivity contribution in [2.24, 2.45) is 0 Å². The monoisotopic (exact) mass is 449 g/mol. The Morgan fingerprint density at radius 1 is 1.00 bits per heavy atom. The summed E-state index contributed by atoms with van der Waals surface area (Å²) in [4.78, 5) is 26.7. The highest BCUT2D eigenvalue weighted by Gasteiger charge is 2.27. The highest BCUT2D eigenvalue weighted by Crippen LogP contribution is 2.23. The van der Waals surface area contributed by atoms with E-state index in [0.717, 1.165) is 36.1 Å². The molecule has 0 radical (unpaired) electrons. The van der Waals surface area contributed by atoms with Gasteiger partial charge < -0.3 is 0 Å². The van der Waals surface area contributed by atoms with Crippen LogP contribution in [0.5, 0.6) is 0 Å². The molecule has 1 aromatic heterocycles. The predicted octanol–water partition coefficient (Wildman–Crippen LogP) is 3.18. The third-order valence-corrected chi connectivity index (χ3v) is 8.54. The number of hydrogen-bond donors (Lipinski definition) is 2. The van der Waals surface area contributed by atoms with Crippen LogP contribution in [0.3, 0.4) is 0 Å². The zero-order chi connectivity index (χ0) is 21.9. The first-order valence-corrected chi connectivity index (χ1v) is 12.3. The van der Waals surface area contributed by atoms with Gasteiger partial charge in [-0.25, -0.2) is 8.42 Å². The Morgan fingerprint density at radius 3 is 2.30 bits per heavy atom. The quantitative estimate of drug-likeness (QED) is 0.686. The van der Waals surface area contributed by atoms with Crippen molar-refractivity contribution < 1.29 is 18.0 Å². The summed E-state index contributed by atoms with van der Waals surface area (Å²) in [6.07, 6.45) is 3.54. The van der Waals surface area contributed by atoms with Crippen LogP contribution >= 0.6 is 11.3 Å². The van der Waals surface area contributed by atoms with Gasteiger partial charge in [0.1, 0.15) is 0 Å². The standard InChI is InChI=1S/C21H27N3O4S2/c1-4-18-15(3)12-19(29-18)21(26)23-22-20(25)17-13-16(9-8-14(17)2)30(27,28)24-10-6-5-7-11-24/h8-9,12-13H,4-7,10-11H2,1-3H3,(H,22,25)(H,23,26). The summed E-state index contributed by atoms with van der Waals surface area (Å²) in [5.74, 6) is -0.952. The van der Waals surface area contributed by atoms with Crippen LogP contribution in [0.1, 0.15) is 62.2 Å². The Morgan fingerprint density at radius 2 is 1.67 bits per heavy atom. The van der Waals surface area contributed by atoms with E-state index < -0.39 is 21.8 Å². The van der Waals surface area contributed by atoms with Crippen molar-refractivity contribution in [3.8, 4) is 0 Å². The average molecular weight is 450 g/mol. The number of hydrazine groups is 1. The van der Waals surface area contributed by atoms with Crippen LogP contribution in [0.4, 0.5) is 0 Å². The maximum absolute atomic E-state index is 12.9. The van der Waals surface area contributed by atoms with Gasteiger partial charge in [-0.3, -0.25) is 20.4 Å². The summed E-state index contributed by atoms with van der Waals surface area (Å²) in [6, 6.07) is 6.31. The number of carbonyl (C=O) groups is 2. The Hall–Kier alpha value is -2.23. The van der Waals surface area contributed by atoms with Crippen molar-refractivity contribution in [1.29, 1.82) is 0 Å². The second kappa shape index (κ2) is 9.28. The van der Waals surface area contributed by atoms with Crippen LogP contribution in [0.2, 0.25) is 0 Å². The second-order valence-electron chi connectivity index (χ2n) is 7.42. The Labute approximate surface area is 181 Å². The number of aryl methyl sites for hydroxylation is 3. The number of hydrogen-bond acceptors (Lipinski definition) is 5. The maximum atomic E-state index is 12.9. The smallest absolute Gasteiger partial charge is 0.267 e. The van der Waals surface area contributed by atoms with Crippen LogP contribution < -0.4 is 10.9 Å². The van der Waals surface area contributed by atoms with Gasteiger partial charge in [0.15, 0.2) is 0 Å². The van der Waals surface area contributed by atoms with Gasteiger partial charge in [0.25, 0.3) is 11.8 Å². The molecule has 30 heavy (non-hydrogen) atoms. The Balaban J connectivity index is 1.74. The van der Waals surface area contributed by atoms with Crippen molar-refractivity contribution in [2.75, 3.05) is 13.1 Å². The lowest BCUT2D eigenvalue weighted by Gasteiger charge is -2.26. The van der Waals surface area contributed by atoms with Gasteiger partial charge in [0.2, 0.25) is 10.0 Å². The fourth-order valence-corrected chi connectivity index (χ4v) is 6.04. The van der Waals surface area contributed by atoms with E-state index in [1.54, 1.807) is 19.1 Å². The van der Waals surface area contributed by atoms with E-state index >= 15 is 0 Å². The fourth-order valence-electron chi connectivity index (χ4n) is 3.49. The summed E-state index contributed by atoms with van der Waals surface area (Å²) < 4.78 is 27.3. The van der Waals surface area contributed by atoms with Gasteiger partial charge in [-0.2, -0.15) is 4.31 Å². The number of nitrogens with zero attached hydrogens (tertiary/aromatic N) is 1. The molecule has 2 aromatic rings.